The summed E-state index contributed by atoms with van der Waals surface area (Å²) in [4.78, 5) is 2.40. The molecule has 106 valence electrons. The molecule has 3 rings (SSSR count). The predicted octanol–water partition coefficient (Wildman–Crippen LogP) is 2.13. The lowest BCUT2D eigenvalue weighted by Crippen LogP contribution is -2.61. The standard InChI is InChI=1S/C13H27NO3Si/c1-10(2)9-18-15-11(3)6-14(7-12(4)16-18)8-13(5)17-18/h10-13H,6-9H2,1-5H3/t11-,12?,13?,18?/m1/s1. The van der Waals surface area contributed by atoms with E-state index in [-0.39, 0.29) is 18.3 Å². The van der Waals surface area contributed by atoms with Crippen molar-refractivity contribution in [3.63, 3.8) is 0 Å². The number of nitrogens with zero attached hydrogens (tertiary/aromatic N) is 1. The van der Waals surface area contributed by atoms with Gasteiger partial charge < -0.3 is 13.3 Å². The molecular formula is C13H27NO3Si. The molecule has 0 aromatic carbocycles. The summed E-state index contributed by atoms with van der Waals surface area (Å²) in [6.07, 6.45) is 0.612. The van der Waals surface area contributed by atoms with Gasteiger partial charge in [0.25, 0.3) is 0 Å². The van der Waals surface area contributed by atoms with E-state index in [0.29, 0.717) is 5.92 Å². The minimum Gasteiger partial charge on any atom is -0.369 e. The minimum absolute atomic E-state index is 0.204. The van der Waals surface area contributed by atoms with Crippen LogP contribution in [0.25, 0.3) is 0 Å². The molecule has 5 heteroatoms. The first-order chi connectivity index (χ1) is 8.38. The first kappa shape index (κ1) is 14.5. The van der Waals surface area contributed by atoms with Crippen LogP contribution >= 0.6 is 0 Å². The highest BCUT2D eigenvalue weighted by Gasteiger charge is 2.49. The van der Waals surface area contributed by atoms with Gasteiger partial charge in [0.05, 0.1) is 18.3 Å². The monoisotopic (exact) mass is 273 g/mol. The van der Waals surface area contributed by atoms with Crippen molar-refractivity contribution in [1.29, 1.82) is 0 Å². The highest BCUT2D eigenvalue weighted by atomic mass is 28.4. The Kier molecular flexibility index (Phi) is 4.49. The maximum absolute atomic E-state index is 6.25. The van der Waals surface area contributed by atoms with Gasteiger partial charge in [-0.05, 0) is 26.7 Å². The molecule has 0 amide bonds. The third-order valence-corrected chi connectivity index (χ3v) is 6.95. The van der Waals surface area contributed by atoms with Gasteiger partial charge in [0, 0.05) is 25.7 Å². The molecule has 4 nitrogen and oxygen atoms in total. The van der Waals surface area contributed by atoms with E-state index >= 15 is 0 Å². The molecule has 3 heterocycles. The van der Waals surface area contributed by atoms with Crippen molar-refractivity contribution in [1.82, 2.24) is 4.90 Å². The molecule has 3 atom stereocenters. The molecule has 0 aromatic rings. The van der Waals surface area contributed by atoms with Crippen molar-refractivity contribution in [3.05, 3.63) is 0 Å². The Bertz CT molecular complexity index is 251. The fourth-order valence-electron chi connectivity index (χ4n) is 3.07. The lowest BCUT2D eigenvalue weighted by molar-refractivity contribution is -0.0801. The third-order valence-electron chi connectivity index (χ3n) is 3.35. The zero-order valence-electron chi connectivity index (χ0n) is 12.3. The zero-order valence-corrected chi connectivity index (χ0v) is 13.3. The number of rotatable bonds is 2. The Balaban J connectivity index is 2.24. The average Bonchev–Trinajstić information content (AvgIpc) is 2.09. The summed E-state index contributed by atoms with van der Waals surface area (Å²) >= 11 is 0. The molecule has 0 N–H and O–H groups in total. The Labute approximate surface area is 112 Å². The average molecular weight is 273 g/mol. The summed E-state index contributed by atoms with van der Waals surface area (Å²) in [7, 11) is -2.51. The minimum atomic E-state index is -2.51. The van der Waals surface area contributed by atoms with Crippen molar-refractivity contribution in [3.8, 4) is 0 Å². The van der Waals surface area contributed by atoms with E-state index in [1.165, 1.54) is 0 Å². The van der Waals surface area contributed by atoms with Gasteiger partial charge in [-0.3, -0.25) is 4.90 Å². The maximum atomic E-state index is 6.25. The van der Waals surface area contributed by atoms with E-state index in [0.717, 1.165) is 25.7 Å². The SMILES string of the molecule is CC(C)C[Si]12OC(C)CN(CC(C)O1)C[C@@H](C)O2. The third kappa shape index (κ3) is 3.54. The molecule has 3 aliphatic heterocycles. The van der Waals surface area contributed by atoms with Crippen LogP contribution in [0.15, 0.2) is 0 Å². The van der Waals surface area contributed by atoms with Gasteiger partial charge >= 0.3 is 8.80 Å². The number of hydrogen-bond donors (Lipinski definition) is 0. The smallest absolute Gasteiger partial charge is 0.369 e. The van der Waals surface area contributed by atoms with Gasteiger partial charge in [-0.2, -0.15) is 0 Å². The van der Waals surface area contributed by atoms with E-state index in [1.807, 2.05) is 0 Å². The van der Waals surface area contributed by atoms with Crippen LogP contribution in [0.4, 0.5) is 0 Å². The summed E-state index contributed by atoms with van der Waals surface area (Å²) in [5.41, 5.74) is 0. The van der Waals surface area contributed by atoms with Crippen molar-refractivity contribution >= 4 is 8.80 Å². The largest absolute Gasteiger partial charge is 0.502 e. The Morgan fingerprint density at radius 3 is 1.67 bits per heavy atom. The van der Waals surface area contributed by atoms with Gasteiger partial charge in [0.15, 0.2) is 0 Å². The van der Waals surface area contributed by atoms with Gasteiger partial charge in [-0.25, -0.2) is 0 Å². The maximum Gasteiger partial charge on any atom is 0.502 e. The molecule has 3 saturated heterocycles. The number of fused-ring (bicyclic) bond motifs is 6. The summed E-state index contributed by atoms with van der Waals surface area (Å²) in [6.45, 7) is 13.8. The Hall–Kier alpha value is 0.0569. The molecule has 0 saturated carbocycles. The second kappa shape index (κ2) is 5.59. The topological polar surface area (TPSA) is 30.9 Å². The Morgan fingerprint density at radius 1 is 0.944 bits per heavy atom. The second-order valence-corrected chi connectivity index (χ2v) is 8.77. The fraction of sp³-hybridized carbons (Fsp3) is 1.00. The van der Waals surface area contributed by atoms with E-state index in [1.54, 1.807) is 0 Å². The molecule has 3 aliphatic rings. The van der Waals surface area contributed by atoms with E-state index in [4.69, 9.17) is 13.3 Å². The summed E-state index contributed by atoms with van der Waals surface area (Å²) < 4.78 is 18.8. The molecule has 18 heavy (non-hydrogen) atoms. The first-order valence-corrected chi connectivity index (χ1v) is 9.07. The highest BCUT2D eigenvalue weighted by Crippen LogP contribution is 2.30. The number of hydrogen-bond acceptors (Lipinski definition) is 4. The van der Waals surface area contributed by atoms with Crippen LogP contribution in [0, 0.1) is 5.92 Å². The summed E-state index contributed by atoms with van der Waals surface area (Å²) in [6, 6.07) is 0.923. The van der Waals surface area contributed by atoms with Crippen LogP contribution in [0.1, 0.15) is 34.6 Å². The zero-order chi connectivity index (χ0) is 13.3. The highest BCUT2D eigenvalue weighted by molar-refractivity contribution is 6.61. The van der Waals surface area contributed by atoms with Crippen molar-refractivity contribution in [2.75, 3.05) is 19.6 Å². The van der Waals surface area contributed by atoms with Gasteiger partial charge in [-0.15, -0.1) is 0 Å². The van der Waals surface area contributed by atoms with Crippen LogP contribution < -0.4 is 0 Å². The van der Waals surface area contributed by atoms with Crippen molar-refractivity contribution < 1.29 is 13.3 Å². The van der Waals surface area contributed by atoms with Gasteiger partial charge in [0.1, 0.15) is 0 Å². The molecule has 2 bridgehead atoms. The van der Waals surface area contributed by atoms with Gasteiger partial charge in [-0.1, -0.05) is 13.8 Å². The lowest BCUT2D eigenvalue weighted by atomic mass is 10.2. The van der Waals surface area contributed by atoms with Crippen LogP contribution in [0.2, 0.25) is 6.04 Å². The predicted molar refractivity (Wildman–Crippen MR) is 73.5 cm³/mol. The molecular weight excluding hydrogens is 246 g/mol. The van der Waals surface area contributed by atoms with Crippen LogP contribution in [0.3, 0.4) is 0 Å². The summed E-state index contributed by atoms with van der Waals surface area (Å²) in [5, 5.41) is 0. The molecule has 0 spiro atoms. The first-order valence-electron chi connectivity index (χ1n) is 7.14. The van der Waals surface area contributed by atoms with Gasteiger partial charge in [0.2, 0.25) is 0 Å². The molecule has 2 unspecified atom stereocenters. The molecule has 0 aromatic heterocycles. The lowest BCUT2D eigenvalue weighted by Gasteiger charge is -2.45. The summed E-state index contributed by atoms with van der Waals surface area (Å²) in [5.74, 6) is 0.540. The van der Waals surface area contributed by atoms with Crippen LogP contribution in [-0.2, 0) is 13.3 Å². The van der Waals surface area contributed by atoms with E-state index < -0.39 is 8.80 Å². The molecule has 0 aliphatic carbocycles. The van der Waals surface area contributed by atoms with E-state index in [9.17, 15) is 0 Å². The Morgan fingerprint density at radius 2 is 1.33 bits per heavy atom. The van der Waals surface area contributed by atoms with Crippen LogP contribution in [0.5, 0.6) is 0 Å². The van der Waals surface area contributed by atoms with Crippen LogP contribution in [-0.4, -0.2) is 51.7 Å². The quantitative estimate of drug-likeness (QED) is 0.721. The van der Waals surface area contributed by atoms with E-state index in [2.05, 4.69) is 39.5 Å². The second-order valence-electron chi connectivity index (χ2n) is 6.28. The fourth-order valence-corrected chi connectivity index (χ4v) is 6.59. The molecule has 0 radical (unpaired) electrons. The van der Waals surface area contributed by atoms with Crippen molar-refractivity contribution in [2.24, 2.45) is 5.92 Å². The van der Waals surface area contributed by atoms with Crippen molar-refractivity contribution in [2.45, 2.75) is 59.0 Å². The normalized spacial score (nSPS) is 45.7. The molecule has 3 fully saturated rings.